The number of rotatable bonds is 6. The van der Waals surface area contributed by atoms with Gasteiger partial charge >= 0.3 is 0 Å². The summed E-state index contributed by atoms with van der Waals surface area (Å²) in [6.45, 7) is 2.37. The maximum atomic E-state index is 4.11. The van der Waals surface area contributed by atoms with Crippen LogP contribution in [0.25, 0.3) is 0 Å². The SMILES string of the molecule is CC1C=CCCC1c1ccc(NC2CCCC(Nc3ccc4c(c3)C3C=CCCC3S4)C2C2=CCCCC2)cc1. The van der Waals surface area contributed by atoms with Gasteiger partial charge in [0.2, 0.25) is 0 Å². The number of nitrogens with one attached hydrogen (secondary N) is 2. The maximum Gasteiger partial charge on any atom is 0.0346 e. The van der Waals surface area contributed by atoms with Gasteiger partial charge in [-0.1, -0.05) is 55.0 Å². The minimum Gasteiger partial charge on any atom is -0.382 e. The molecule has 7 rings (SSSR count). The minimum absolute atomic E-state index is 0.480. The molecular formula is C37H46N2S. The summed E-state index contributed by atoms with van der Waals surface area (Å²) in [5, 5.41) is 8.90. The summed E-state index contributed by atoms with van der Waals surface area (Å²) in [5.74, 6) is 2.44. The monoisotopic (exact) mass is 550 g/mol. The molecule has 2 aromatic carbocycles. The summed E-state index contributed by atoms with van der Waals surface area (Å²) < 4.78 is 0. The number of hydrogen-bond acceptors (Lipinski definition) is 3. The standard InChI is InChI=1S/C37H46N2S/c1-25-10-5-6-13-30(25)26-18-20-28(21-19-26)38-33-15-9-16-34(37(33)27-11-3-2-4-12-27)39-29-22-23-36-32(24-29)31-14-7-8-17-35(31)40-36/h5,7,10-11,14,18-25,30-31,33-35,37-39H,2-4,6,8-9,12-13,15-17H2,1H3. The Balaban J connectivity index is 1.11. The summed E-state index contributed by atoms with van der Waals surface area (Å²) >= 11 is 2.11. The van der Waals surface area contributed by atoms with Crippen LogP contribution >= 0.6 is 11.8 Å². The van der Waals surface area contributed by atoms with Crippen molar-refractivity contribution < 1.29 is 0 Å². The molecule has 1 saturated carbocycles. The van der Waals surface area contributed by atoms with E-state index in [1.54, 1.807) is 11.1 Å². The first kappa shape index (κ1) is 26.5. The summed E-state index contributed by atoms with van der Waals surface area (Å²) in [4.78, 5) is 1.50. The van der Waals surface area contributed by atoms with Gasteiger partial charge in [-0.2, -0.15) is 0 Å². The van der Waals surface area contributed by atoms with Crippen molar-refractivity contribution in [3.05, 3.63) is 89.5 Å². The lowest BCUT2D eigenvalue weighted by Gasteiger charge is -2.42. The van der Waals surface area contributed by atoms with Crippen LogP contribution in [0.2, 0.25) is 0 Å². The molecule has 1 aliphatic heterocycles. The van der Waals surface area contributed by atoms with E-state index in [0.29, 0.717) is 35.8 Å². The van der Waals surface area contributed by atoms with Gasteiger partial charge in [-0.15, -0.1) is 11.8 Å². The topological polar surface area (TPSA) is 24.1 Å². The molecule has 0 bridgehead atoms. The van der Waals surface area contributed by atoms with Crippen LogP contribution < -0.4 is 10.6 Å². The van der Waals surface area contributed by atoms with Crippen molar-refractivity contribution in [1.82, 2.24) is 0 Å². The quantitative estimate of drug-likeness (QED) is 0.350. The van der Waals surface area contributed by atoms with E-state index in [1.807, 2.05) is 0 Å². The van der Waals surface area contributed by atoms with Crippen LogP contribution in [0.1, 0.15) is 101 Å². The average molecular weight is 551 g/mol. The van der Waals surface area contributed by atoms with Crippen molar-refractivity contribution in [2.75, 3.05) is 10.6 Å². The molecule has 7 unspecified atom stereocenters. The molecule has 7 atom stereocenters. The second kappa shape index (κ2) is 11.8. The van der Waals surface area contributed by atoms with Crippen LogP contribution in [0.4, 0.5) is 11.4 Å². The molecule has 40 heavy (non-hydrogen) atoms. The number of fused-ring (bicyclic) bond motifs is 3. The molecule has 0 amide bonds. The van der Waals surface area contributed by atoms with Crippen molar-refractivity contribution in [3.63, 3.8) is 0 Å². The van der Waals surface area contributed by atoms with Crippen LogP contribution in [0.15, 0.2) is 83.3 Å². The molecule has 0 aromatic heterocycles. The molecule has 2 aromatic rings. The van der Waals surface area contributed by atoms with Crippen molar-refractivity contribution in [3.8, 4) is 0 Å². The lowest BCUT2D eigenvalue weighted by Crippen LogP contribution is -2.45. The summed E-state index contributed by atoms with van der Waals surface area (Å²) in [6.07, 6.45) is 26.3. The predicted molar refractivity (Wildman–Crippen MR) is 173 cm³/mol. The summed E-state index contributed by atoms with van der Waals surface area (Å²) in [6, 6.07) is 17.7. The number of allylic oxidation sites excluding steroid dienone is 5. The minimum atomic E-state index is 0.480. The van der Waals surface area contributed by atoms with E-state index in [1.165, 1.54) is 92.5 Å². The lowest BCUT2D eigenvalue weighted by molar-refractivity contribution is 0.324. The Labute approximate surface area is 246 Å². The molecule has 0 saturated heterocycles. The molecule has 2 N–H and O–H groups in total. The highest BCUT2D eigenvalue weighted by Gasteiger charge is 2.37. The highest BCUT2D eigenvalue weighted by molar-refractivity contribution is 8.00. The third-order valence-corrected chi connectivity index (χ3v) is 11.9. The van der Waals surface area contributed by atoms with Gasteiger partial charge in [-0.3, -0.25) is 0 Å². The van der Waals surface area contributed by atoms with Gasteiger partial charge < -0.3 is 10.6 Å². The Morgan fingerprint density at radius 3 is 2.33 bits per heavy atom. The van der Waals surface area contributed by atoms with Crippen LogP contribution in [0.5, 0.6) is 0 Å². The number of hydrogen-bond donors (Lipinski definition) is 2. The third-order valence-electron chi connectivity index (χ3n) is 10.4. The Morgan fingerprint density at radius 1 is 0.750 bits per heavy atom. The Hall–Kier alpha value is -2.39. The molecule has 2 nitrogen and oxygen atoms in total. The van der Waals surface area contributed by atoms with E-state index in [9.17, 15) is 0 Å². The fourth-order valence-corrected chi connectivity index (χ4v) is 9.77. The molecule has 210 valence electrons. The first-order valence-electron chi connectivity index (χ1n) is 16.2. The van der Waals surface area contributed by atoms with Crippen LogP contribution in [-0.4, -0.2) is 17.3 Å². The van der Waals surface area contributed by atoms with Crippen LogP contribution in [-0.2, 0) is 0 Å². The largest absolute Gasteiger partial charge is 0.382 e. The number of benzene rings is 2. The van der Waals surface area contributed by atoms with Gasteiger partial charge in [-0.05, 0) is 124 Å². The van der Waals surface area contributed by atoms with E-state index in [-0.39, 0.29) is 0 Å². The fraction of sp³-hybridized carbons (Fsp3) is 0.514. The van der Waals surface area contributed by atoms with Crippen LogP contribution in [0.3, 0.4) is 0 Å². The molecular weight excluding hydrogens is 504 g/mol. The highest BCUT2D eigenvalue weighted by atomic mass is 32.2. The second-order valence-corrected chi connectivity index (χ2v) is 14.3. The van der Waals surface area contributed by atoms with Crippen molar-refractivity contribution >= 4 is 23.1 Å². The van der Waals surface area contributed by atoms with Gasteiger partial charge in [-0.25, -0.2) is 0 Å². The van der Waals surface area contributed by atoms with E-state index in [4.69, 9.17) is 0 Å². The number of thioether (sulfide) groups is 1. The molecule has 4 aliphatic carbocycles. The predicted octanol–water partition coefficient (Wildman–Crippen LogP) is 10.2. The molecule has 0 spiro atoms. The Morgan fingerprint density at radius 2 is 1.52 bits per heavy atom. The van der Waals surface area contributed by atoms with Crippen molar-refractivity contribution in [2.24, 2.45) is 11.8 Å². The summed E-state index contributed by atoms with van der Waals surface area (Å²) in [5.41, 5.74) is 7.37. The zero-order chi connectivity index (χ0) is 26.9. The average Bonchev–Trinajstić information content (AvgIpc) is 3.37. The normalized spacial score (nSPS) is 33.1. The Kier molecular flexibility index (Phi) is 7.85. The number of anilines is 2. The smallest absolute Gasteiger partial charge is 0.0346 e. The van der Waals surface area contributed by atoms with Gasteiger partial charge in [0.05, 0.1) is 0 Å². The first-order valence-corrected chi connectivity index (χ1v) is 17.1. The van der Waals surface area contributed by atoms with Crippen LogP contribution in [0, 0.1) is 11.8 Å². The zero-order valence-electron chi connectivity index (χ0n) is 24.2. The van der Waals surface area contributed by atoms with Crippen molar-refractivity contribution in [2.45, 2.75) is 112 Å². The van der Waals surface area contributed by atoms with E-state index >= 15 is 0 Å². The first-order chi connectivity index (χ1) is 19.7. The zero-order valence-corrected chi connectivity index (χ0v) is 25.0. The molecule has 1 fully saturated rings. The van der Waals surface area contributed by atoms with Gasteiger partial charge in [0.1, 0.15) is 0 Å². The highest BCUT2D eigenvalue weighted by Crippen LogP contribution is 2.50. The van der Waals surface area contributed by atoms with Gasteiger partial charge in [0.15, 0.2) is 0 Å². The molecule has 3 heteroatoms. The molecule has 5 aliphatic rings. The summed E-state index contributed by atoms with van der Waals surface area (Å²) in [7, 11) is 0. The van der Waals surface area contributed by atoms with Gasteiger partial charge in [0.25, 0.3) is 0 Å². The maximum absolute atomic E-state index is 4.11. The van der Waals surface area contributed by atoms with E-state index in [2.05, 4.69) is 102 Å². The Bertz CT molecular complexity index is 1270. The van der Waals surface area contributed by atoms with E-state index in [0.717, 1.165) is 5.25 Å². The third kappa shape index (κ3) is 5.43. The fourth-order valence-electron chi connectivity index (χ4n) is 8.32. The van der Waals surface area contributed by atoms with E-state index < -0.39 is 0 Å². The second-order valence-electron chi connectivity index (χ2n) is 13.0. The van der Waals surface area contributed by atoms with Crippen molar-refractivity contribution in [1.29, 1.82) is 0 Å². The lowest BCUT2D eigenvalue weighted by atomic mass is 9.73. The van der Waals surface area contributed by atoms with Gasteiger partial charge in [0, 0.05) is 45.4 Å². The molecule has 1 heterocycles. The molecule has 0 radical (unpaired) electrons.